The van der Waals surface area contributed by atoms with Gasteiger partial charge in [0.05, 0.1) is 5.69 Å². The fraction of sp³-hybridized carbons (Fsp3) is 0. The van der Waals surface area contributed by atoms with Gasteiger partial charge in [-0.25, -0.2) is 0 Å². The average Bonchev–Trinajstić information content (AvgIpc) is 2.25. The third-order valence-corrected chi connectivity index (χ3v) is 2.74. The zero-order valence-electron chi connectivity index (χ0n) is 8.08. The van der Waals surface area contributed by atoms with Crippen LogP contribution in [0.5, 0.6) is 0 Å². The normalized spacial score (nSPS) is 10.1. The zero-order chi connectivity index (χ0) is 11.5. The molecule has 3 nitrogen and oxygen atoms in total. The van der Waals surface area contributed by atoms with E-state index in [1.807, 2.05) is 24.3 Å². The number of halogens is 1. The Morgan fingerprint density at radius 3 is 2.44 bits per heavy atom. The van der Waals surface area contributed by atoms with Gasteiger partial charge in [0.25, 0.3) is 0 Å². The van der Waals surface area contributed by atoms with Crippen LogP contribution in [0.25, 0.3) is 0 Å². The number of aromatic nitrogens is 2. The number of benzene rings is 1. The van der Waals surface area contributed by atoms with Crippen LogP contribution in [0.15, 0.2) is 30.5 Å². The second-order valence-corrected chi connectivity index (χ2v) is 4.37. The van der Waals surface area contributed by atoms with Crippen LogP contribution in [-0.2, 0) is 0 Å². The van der Waals surface area contributed by atoms with E-state index in [4.69, 9.17) is 36.0 Å². The Hall–Kier alpha value is -1.17. The zero-order valence-corrected chi connectivity index (χ0v) is 10.5. The van der Waals surface area contributed by atoms with Crippen molar-refractivity contribution in [3.63, 3.8) is 0 Å². The predicted molar refractivity (Wildman–Crippen MR) is 71.5 cm³/mol. The van der Waals surface area contributed by atoms with E-state index in [-0.39, 0.29) is 0 Å². The minimum Gasteiger partial charge on any atom is -0.352 e. The highest BCUT2D eigenvalue weighted by atomic mass is 35.5. The Balaban J connectivity index is 2.30. The van der Waals surface area contributed by atoms with Crippen molar-refractivity contribution in [2.45, 2.75) is 0 Å². The summed E-state index contributed by atoms with van der Waals surface area (Å²) in [5, 5.41) is 3.85. The van der Waals surface area contributed by atoms with Gasteiger partial charge in [0, 0.05) is 16.9 Å². The van der Waals surface area contributed by atoms with E-state index in [2.05, 4.69) is 15.3 Å². The summed E-state index contributed by atoms with van der Waals surface area (Å²) in [5.74, 6) is 0. The molecule has 0 aliphatic heterocycles. The molecule has 16 heavy (non-hydrogen) atoms. The molecule has 0 spiro atoms. The number of anilines is 2. The van der Waals surface area contributed by atoms with Gasteiger partial charge in [-0.05, 0) is 36.5 Å². The molecule has 0 saturated carbocycles. The molecule has 0 radical (unpaired) electrons. The van der Waals surface area contributed by atoms with Gasteiger partial charge in [0.1, 0.15) is 4.64 Å². The Kier molecular flexibility index (Phi) is 3.38. The maximum absolute atomic E-state index is 5.79. The first-order valence-corrected chi connectivity index (χ1v) is 5.69. The molecular weight excluding hydrogens is 262 g/mol. The molecule has 0 atom stereocenters. The van der Waals surface area contributed by atoms with Gasteiger partial charge in [-0.1, -0.05) is 23.8 Å². The summed E-state index contributed by atoms with van der Waals surface area (Å²) >= 11 is 15.8. The average molecular weight is 270 g/mol. The summed E-state index contributed by atoms with van der Waals surface area (Å²) in [6.45, 7) is 0. The fourth-order valence-corrected chi connectivity index (χ4v) is 1.75. The molecule has 2 rings (SSSR count). The van der Waals surface area contributed by atoms with Crippen molar-refractivity contribution in [3.05, 3.63) is 44.9 Å². The smallest absolute Gasteiger partial charge is 0.175 e. The number of hydrogen-bond donors (Lipinski definition) is 3. The first-order valence-electron chi connectivity index (χ1n) is 4.50. The summed E-state index contributed by atoms with van der Waals surface area (Å²) in [4.78, 5) is 5.73. The van der Waals surface area contributed by atoms with Crippen molar-refractivity contribution >= 4 is 47.4 Å². The molecule has 0 amide bonds. The van der Waals surface area contributed by atoms with Crippen LogP contribution >= 0.6 is 36.0 Å². The largest absolute Gasteiger partial charge is 0.352 e. The van der Waals surface area contributed by atoms with E-state index in [9.17, 15) is 0 Å². The molecule has 0 aliphatic carbocycles. The van der Waals surface area contributed by atoms with Crippen molar-refractivity contribution < 1.29 is 0 Å². The lowest BCUT2D eigenvalue weighted by atomic mass is 10.3. The van der Waals surface area contributed by atoms with Crippen LogP contribution in [0.4, 0.5) is 11.4 Å². The van der Waals surface area contributed by atoms with Gasteiger partial charge in [0.2, 0.25) is 0 Å². The topological polar surface area (TPSA) is 43.6 Å². The fourth-order valence-electron chi connectivity index (χ4n) is 1.19. The van der Waals surface area contributed by atoms with Gasteiger partial charge < -0.3 is 15.3 Å². The molecular formula is C10H8ClN3S2. The second kappa shape index (κ2) is 4.78. The molecule has 0 bridgehead atoms. The van der Waals surface area contributed by atoms with Crippen LogP contribution < -0.4 is 5.32 Å². The Labute approximate surface area is 107 Å². The van der Waals surface area contributed by atoms with Crippen LogP contribution in [0.2, 0.25) is 5.02 Å². The Morgan fingerprint density at radius 1 is 1.12 bits per heavy atom. The summed E-state index contributed by atoms with van der Waals surface area (Å²) in [5.41, 5.74) is 1.68. The number of rotatable bonds is 2. The van der Waals surface area contributed by atoms with Gasteiger partial charge in [-0.3, -0.25) is 0 Å². The molecule has 0 aliphatic rings. The monoisotopic (exact) mass is 269 g/mol. The molecule has 6 heteroatoms. The summed E-state index contributed by atoms with van der Waals surface area (Å²) < 4.78 is 1.07. The van der Waals surface area contributed by atoms with E-state index >= 15 is 0 Å². The number of nitrogens with one attached hydrogen (secondary N) is 3. The minimum atomic E-state index is 0.506. The third-order valence-electron chi connectivity index (χ3n) is 1.94. The summed E-state index contributed by atoms with van der Waals surface area (Å²) in [6, 6.07) is 7.36. The number of aromatic amines is 2. The van der Waals surface area contributed by atoms with E-state index < -0.39 is 0 Å². The van der Waals surface area contributed by atoms with Gasteiger partial charge >= 0.3 is 0 Å². The van der Waals surface area contributed by atoms with Crippen molar-refractivity contribution in [2.24, 2.45) is 0 Å². The second-order valence-electron chi connectivity index (χ2n) is 3.12. The molecule has 0 unspecified atom stereocenters. The highest BCUT2D eigenvalue weighted by Gasteiger charge is 1.97. The predicted octanol–water partition coefficient (Wildman–Crippen LogP) is 4.20. The lowest BCUT2D eigenvalue weighted by Crippen LogP contribution is -1.94. The SMILES string of the molecule is S=c1[nH]cc(Nc2ccc(Cl)cc2)c(=S)[nH]1. The van der Waals surface area contributed by atoms with Gasteiger partial charge in [-0.2, -0.15) is 0 Å². The van der Waals surface area contributed by atoms with Crippen molar-refractivity contribution in [2.75, 3.05) is 5.32 Å². The maximum Gasteiger partial charge on any atom is 0.175 e. The molecule has 82 valence electrons. The van der Waals surface area contributed by atoms with E-state index in [0.29, 0.717) is 14.4 Å². The van der Waals surface area contributed by atoms with Crippen LogP contribution in [0.1, 0.15) is 0 Å². The highest BCUT2D eigenvalue weighted by Crippen LogP contribution is 2.18. The van der Waals surface area contributed by atoms with Gasteiger partial charge in [0.15, 0.2) is 4.77 Å². The summed E-state index contributed by atoms with van der Waals surface area (Å²) in [6.07, 6.45) is 1.73. The van der Waals surface area contributed by atoms with Crippen molar-refractivity contribution in [3.8, 4) is 0 Å². The van der Waals surface area contributed by atoms with E-state index in [0.717, 1.165) is 11.4 Å². The standard InChI is InChI=1S/C10H8ClN3S2/c11-6-1-3-7(4-2-6)13-8-5-12-10(16)14-9(8)15/h1-5,13H,(H2,12,14,15,16). The lowest BCUT2D eigenvalue weighted by Gasteiger charge is -2.05. The molecule has 0 fully saturated rings. The van der Waals surface area contributed by atoms with Crippen LogP contribution in [0, 0.1) is 9.41 Å². The van der Waals surface area contributed by atoms with E-state index in [1.165, 1.54) is 0 Å². The molecule has 1 aromatic carbocycles. The van der Waals surface area contributed by atoms with Crippen LogP contribution in [-0.4, -0.2) is 9.97 Å². The van der Waals surface area contributed by atoms with Crippen molar-refractivity contribution in [1.29, 1.82) is 0 Å². The lowest BCUT2D eigenvalue weighted by molar-refractivity contribution is 1.12. The van der Waals surface area contributed by atoms with Crippen molar-refractivity contribution in [1.82, 2.24) is 9.97 Å². The van der Waals surface area contributed by atoms with Gasteiger partial charge in [-0.15, -0.1) is 0 Å². The first-order chi connectivity index (χ1) is 7.65. The molecule has 3 N–H and O–H groups in total. The van der Waals surface area contributed by atoms with E-state index in [1.54, 1.807) is 6.20 Å². The molecule has 0 saturated heterocycles. The molecule has 1 aromatic heterocycles. The summed E-state index contributed by atoms with van der Waals surface area (Å²) in [7, 11) is 0. The molecule has 1 heterocycles. The Bertz CT molecular complexity index is 600. The minimum absolute atomic E-state index is 0.506. The quantitative estimate of drug-likeness (QED) is 0.716. The number of hydrogen-bond acceptors (Lipinski definition) is 3. The maximum atomic E-state index is 5.79. The number of H-pyrrole nitrogens is 2. The molecule has 2 aromatic rings. The first kappa shape index (κ1) is 11.3. The Morgan fingerprint density at radius 2 is 1.81 bits per heavy atom. The third kappa shape index (κ3) is 2.69. The van der Waals surface area contributed by atoms with Crippen LogP contribution in [0.3, 0.4) is 0 Å². The highest BCUT2D eigenvalue weighted by molar-refractivity contribution is 7.72.